The first-order valence-corrected chi connectivity index (χ1v) is 10.6. The Balaban J connectivity index is 1.44. The molecule has 3 fully saturated rings. The summed E-state index contributed by atoms with van der Waals surface area (Å²) in [7, 11) is 2.13. The Bertz CT molecular complexity index is 660. The fourth-order valence-corrected chi connectivity index (χ4v) is 5.09. The van der Waals surface area contributed by atoms with Crippen LogP contribution in [0.2, 0.25) is 0 Å². The van der Waals surface area contributed by atoms with Gasteiger partial charge in [0.2, 0.25) is 5.91 Å². The van der Waals surface area contributed by atoms with E-state index in [1.165, 1.54) is 0 Å². The lowest BCUT2D eigenvalue weighted by molar-refractivity contribution is -0.129. The van der Waals surface area contributed by atoms with E-state index in [-0.39, 0.29) is 24.7 Å². The Morgan fingerprint density at radius 3 is 2.71 bits per heavy atom. The van der Waals surface area contributed by atoms with E-state index in [2.05, 4.69) is 34.3 Å². The Labute approximate surface area is 167 Å². The second-order valence-electron chi connectivity index (χ2n) is 8.73. The normalized spacial score (nSPS) is 30.7. The van der Waals surface area contributed by atoms with E-state index >= 15 is 0 Å². The third-order valence-corrected chi connectivity index (χ3v) is 6.88. The number of carbonyl (C=O) groups is 1. The second kappa shape index (κ2) is 8.49. The van der Waals surface area contributed by atoms with E-state index in [4.69, 9.17) is 4.74 Å². The molecule has 4 rings (SSSR count). The van der Waals surface area contributed by atoms with Crippen molar-refractivity contribution < 1.29 is 14.6 Å². The average Bonchev–Trinajstić information content (AvgIpc) is 3.11. The van der Waals surface area contributed by atoms with E-state index in [9.17, 15) is 9.90 Å². The molecule has 1 amide bonds. The lowest BCUT2D eigenvalue weighted by Crippen LogP contribution is -2.53. The van der Waals surface area contributed by atoms with Gasteiger partial charge in [-0.15, -0.1) is 0 Å². The molecule has 0 aliphatic carbocycles. The van der Waals surface area contributed by atoms with Crippen molar-refractivity contribution in [1.29, 1.82) is 0 Å². The van der Waals surface area contributed by atoms with Crippen LogP contribution in [0.1, 0.15) is 31.2 Å². The molecule has 0 radical (unpaired) electrons. The first-order chi connectivity index (χ1) is 13.6. The molecule has 3 saturated heterocycles. The number of likely N-dealkylation sites (tertiary alicyclic amines) is 1. The first kappa shape index (κ1) is 19.8. The summed E-state index contributed by atoms with van der Waals surface area (Å²) in [6.45, 7) is 4.48. The molecule has 2 N–H and O–H groups in total. The van der Waals surface area contributed by atoms with Crippen molar-refractivity contribution in [2.75, 3.05) is 46.4 Å². The number of ether oxygens (including phenoxy) is 1. The minimum atomic E-state index is -0.424. The number of nitrogens with one attached hydrogen (secondary N) is 1. The fraction of sp³-hybridized carbons (Fsp3) is 0.682. The van der Waals surface area contributed by atoms with E-state index < -0.39 is 5.41 Å². The van der Waals surface area contributed by atoms with Crippen LogP contribution >= 0.6 is 0 Å². The summed E-state index contributed by atoms with van der Waals surface area (Å²) in [4.78, 5) is 18.3. The summed E-state index contributed by atoms with van der Waals surface area (Å²) in [6.07, 6.45) is 3.47. The molecule has 1 aromatic rings. The van der Waals surface area contributed by atoms with Crippen LogP contribution in [0.3, 0.4) is 0 Å². The van der Waals surface area contributed by atoms with Gasteiger partial charge in [0.25, 0.3) is 0 Å². The second-order valence-corrected chi connectivity index (χ2v) is 8.73. The van der Waals surface area contributed by atoms with Gasteiger partial charge in [0.1, 0.15) is 0 Å². The molecular weight excluding hydrogens is 354 g/mol. The fourth-order valence-electron chi connectivity index (χ4n) is 5.09. The molecule has 6 heteroatoms. The number of aliphatic hydroxyl groups excluding tert-OH is 1. The average molecular weight is 388 g/mol. The Kier molecular flexibility index (Phi) is 6.01. The standard InChI is InChI=1S/C22H33N3O3/c1-24-10-8-22(9-11-24,17-5-3-2-4-6-17)21(27)23-18-13-19-16-28-20(7-12-26)15-25(19)14-18/h2-6,18-20,26H,7-16H2,1H3,(H,23,27)/t18-,19-,20-/m0/s1. The molecule has 6 nitrogen and oxygen atoms in total. The maximum Gasteiger partial charge on any atom is 0.231 e. The number of carbonyl (C=O) groups excluding carboxylic acids is 1. The largest absolute Gasteiger partial charge is 0.396 e. The van der Waals surface area contributed by atoms with Crippen molar-refractivity contribution in [3.8, 4) is 0 Å². The summed E-state index contributed by atoms with van der Waals surface area (Å²) in [5, 5.41) is 12.6. The van der Waals surface area contributed by atoms with Crippen LogP contribution in [0.4, 0.5) is 0 Å². The lowest BCUT2D eigenvalue weighted by atomic mass is 9.72. The minimum Gasteiger partial charge on any atom is -0.396 e. The maximum atomic E-state index is 13.5. The number of amides is 1. The van der Waals surface area contributed by atoms with Gasteiger partial charge >= 0.3 is 0 Å². The third-order valence-electron chi connectivity index (χ3n) is 6.88. The zero-order valence-electron chi connectivity index (χ0n) is 16.8. The van der Waals surface area contributed by atoms with Crippen molar-refractivity contribution >= 4 is 5.91 Å². The first-order valence-electron chi connectivity index (χ1n) is 10.6. The van der Waals surface area contributed by atoms with E-state index in [1.54, 1.807) is 0 Å². The SMILES string of the molecule is CN1CCC(C(=O)N[C@H]2C[C@H]3CO[C@@H](CCO)CN3C2)(c2ccccc2)CC1. The Hall–Kier alpha value is -1.47. The van der Waals surface area contributed by atoms with Crippen LogP contribution < -0.4 is 5.32 Å². The maximum absolute atomic E-state index is 13.5. The van der Waals surface area contributed by atoms with Gasteiger partial charge in [0.05, 0.1) is 18.1 Å². The highest BCUT2D eigenvalue weighted by Crippen LogP contribution is 2.36. The van der Waals surface area contributed by atoms with Crippen molar-refractivity contribution in [2.45, 2.75) is 49.3 Å². The van der Waals surface area contributed by atoms with Gasteiger partial charge in [0, 0.05) is 31.8 Å². The van der Waals surface area contributed by atoms with Crippen molar-refractivity contribution in [1.82, 2.24) is 15.1 Å². The molecule has 0 saturated carbocycles. The molecule has 3 atom stereocenters. The molecule has 0 aromatic heterocycles. The van der Waals surface area contributed by atoms with Gasteiger partial charge in [-0.1, -0.05) is 30.3 Å². The molecule has 28 heavy (non-hydrogen) atoms. The van der Waals surface area contributed by atoms with Crippen LogP contribution in [0.25, 0.3) is 0 Å². The Morgan fingerprint density at radius 2 is 2.00 bits per heavy atom. The van der Waals surface area contributed by atoms with Crippen molar-refractivity contribution in [3.63, 3.8) is 0 Å². The van der Waals surface area contributed by atoms with Crippen LogP contribution in [-0.2, 0) is 14.9 Å². The van der Waals surface area contributed by atoms with Crippen LogP contribution in [0, 0.1) is 0 Å². The monoisotopic (exact) mass is 387 g/mol. The third kappa shape index (κ3) is 3.96. The molecular formula is C22H33N3O3. The summed E-state index contributed by atoms with van der Waals surface area (Å²) >= 11 is 0. The number of morpholine rings is 1. The summed E-state index contributed by atoms with van der Waals surface area (Å²) in [5.41, 5.74) is 0.718. The van der Waals surface area contributed by atoms with Gasteiger partial charge < -0.3 is 20.1 Å². The lowest BCUT2D eigenvalue weighted by Gasteiger charge is -2.40. The van der Waals surface area contributed by atoms with E-state index in [0.717, 1.165) is 51.0 Å². The van der Waals surface area contributed by atoms with Crippen LogP contribution in [0.5, 0.6) is 0 Å². The van der Waals surface area contributed by atoms with Crippen molar-refractivity contribution in [2.24, 2.45) is 0 Å². The smallest absolute Gasteiger partial charge is 0.231 e. The number of aliphatic hydroxyl groups is 1. The van der Waals surface area contributed by atoms with E-state index in [1.807, 2.05) is 18.2 Å². The minimum absolute atomic E-state index is 0.111. The van der Waals surface area contributed by atoms with Gasteiger partial charge in [0.15, 0.2) is 0 Å². The van der Waals surface area contributed by atoms with Crippen molar-refractivity contribution in [3.05, 3.63) is 35.9 Å². The quantitative estimate of drug-likeness (QED) is 0.789. The van der Waals surface area contributed by atoms with Gasteiger partial charge in [-0.05, 0) is 51.4 Å². The zero-order valence-corrected chi connectivity index (χ0v) is 16.8. The van der Waals surface area contributed by atoms with Gasteiger partial charge in [-0.3, -0.25) is 9.69 Å². The molecule has 0 unspecified atom stereocenters. The predicted octanol–water partition coefficient (Wildman–Crippen LogP) is 0.990. The summed E-state index contributed by atoms with van der Waals surface area (Å²) < 4.78 is 5.88. The number of hydrogen-bond donors (Lipinski definition) is 2. The van der Waals surface area contributed by atoms with E-state index in [0.29, 0.717) is 19.1 Å². The van der Waals surface area contributed by atoms with Crippen LogP contribution in [-0.4, -0.2) is 85.4 Å². The highest BCUT2D eigenvalue weighted by Gasteiger charge is 2.45. The highest BCUT2D eigenvalue weighted by molar-refractivity contribution is 5.88. The molecule has 1 aromatic carbocycles. The number of piperidine rings is 1. The summed E-state index contributed by atoms with van der Waals surface area (Å²) in [5.74, 6) is 0.185. The molecule has 3 heterocycles. The number of hydrogen-bond acceptors (Lipinski definition) is 5. The number of benzene rings is 1. The molecule has 0 spiro atoms. The number of fused-ring (bicyclic) bond motifs is 1. The number of rotatable bonds is 5. The molecule has 3 aliphatic heterocycles. The molecule has 0 bridgehead atoms. The highest BCUT2D eigenvalue weighted by atomic mass is 16.5. The topological polar surface area (TPSA) is 65.0 Å². The summed E-state index contributed by atoms with van der Waals surface area (Å²) in [6, 6.07) is 10.9. The predicted molar refractivity (Wildman–Crippen MR) is 108 cm³/mol. The van der Waals surface area contributed by atoms with Gasteiger partial charge in [-0.2, -0.15) is 0 Å². The Morgan fingerprint density at radius 1 is 1.25 bits per heavy atom. The van der Waals surface area contributed by atoms with Gasteiger partial charge in [-0.25, -0.2) is 0 Å². The number of nitrogens with zero attached hydrogens (tertiary/aromatic N) is 2. The van der Waals surface area contributed by atoms with Crippen LogP contribution in [0.15, 0.2) is 30.3 Å². The zero-order chi connectivity index (χ0) is 19.6. The molecule has 154 valence electrons. The molecule has 3 aliphatic rings.